The lowest BCUT2D eigenvalue weighted by Gasteiger charge is -2.11. The van der Waals surface area contributed by atoms with E-state index >= 15 is 0 Å². The Hall–Kier alpha value is -3.96. The van der Waals surface area contributed by atoms with Crippen LogP contribution in [0.3, 0.4) is 0 Å². The van der Waals surface area contributed by atoms with Gasteiger partial charge in [-0.2, -0.15) is 17.6 Å². The van der Waals surface area contributed by atoms with Crippen LogP contribution in [0.5, 0.6) is 11.5 Å². The predicted molar refractivity (Wildman–Crippen MR) is 102 cm³/mol. The number of hydrogen-bond donors (Lipinski definition) is 1. The number of hydrogen-bond acceptors (Lipinski definition) is 6. The lowest BCUT2D eigenvalue weighted by Crippen LogP contribution is -2.08. The summed E-state index contributed by atoms with van der Waals surface area (Å²) in [5.74, 6) is -0.855. The minimum Gasteiger partial charge on any atom is -0.435 e. The molecule has 1 N–H and O–H groups in total. The van der Waals surface area contributed by atoms with Crippen molar-refractivity contribution in [3.05, 3.63) is 54.1 Å². The molecule has 0 aliphatic rings. The average molecular weight is 437 g/mol. The van der Waals surface area contributed by atoms with Crippen LogP contribution in [0, 0.1) is 0 Å². The van der Waals surface area contributed by atoms with Crippen LogP contribution in [-0.2, 0) is 11.8 Å². The van der Waals surface area contributed by atoms with Crippen molar-refractivity contribution >= 4 is 17.7 Å². The summed E-state index contributed by atoms with van der Waals surface area (Å²) in [5.41, 5.74) is 1.17. The van der Waals surface area contributed by atoms with E-state index in [-0.39, 0.29) is 11.3 Å². The topological polar surface area (TPSA) is 91.2 Å². The van der Waals surface area contributed by atoms with E-state index < -0.39 is 24.9 Å². The third kappa shape index (κ3) is 6.01. The molecule has 0 radical (unpaired) electrons. The highest BCUT2D eigenvalue weighted by Crippen LogP contribution is 2.28. The zero-order valence-corrected chi connectivity index (χ0v) is 15.9. The maximum atomic E-state index is 12.6. The maximum Gasteiger partial charge on any atom is 0.387 e. The number of nitrogens with zero attached hydrogens (tertiary/aromatic N) is 4. The van der Waals surface area contributed by atoms with Gasteiger partial charge in [0, 0.05) is 36.0 Å². The number of benzene rings is 2. The zero-order valence-electron chi connectivity index (χ0n) is 15.9. The Bertz CT molecular complexity index is 1090. The van der Waals surface area contributed by atoms with Gasteiger partial charge in [0.25, 0.3) is 0 Å². The molecule has 0 aliphatic heterocycles. The number of rotatable bonds is 8. The van der Waals surface area contributed by atoms with Crippen LogP contribution in [0.25, 0.3) is 17.5 Å². The molecule has 31 heavy (non-hydrogen) atoms. The number of anilines is 1. The number of carbonyl (C=O) groups is 1. The molecule has 2 aromatic carbocycles. The van der Waals surface area contributed by atoms with Gasteiger partial charge in [0.05, 0.1) is 0 Å². The Morgan fingerprint density at radius 3 is 2.55 bits per heavy atom. The molecule has 1 aromatic heterocycles. The Morgan fingerprint density at radius 1 is 1.10 bits per heavy atom. The van der Waals surface area contributed by atoms with Crippen LogP contribution in [0.1, 0.15) is 5.56 Å². The van der Waals surface area contributed by atoms with Gasteiger partial charge in [-0.3, -0.25) is 4.79 Å². The molecule has 1 heterocycles. The molecule has 0 bridgehead atoms. The maximum absolute atomic E-state index is 12.6. The molecule has 0 saturated carbocycles. The van der Waals surface area contributed by atoms with E-state index in [1.54, 1.807) is 31.3 Å². The summed E-state index contributed by atoms with van der Waals surface area (Å²) >= 11 is 0. The van der Waals surface area contributed by atoms with Gasteiger partial charge in [0.15, 0.2) is 5.82 Å². The predicted octanol–water partition coefficient (Wildman–Crippen LogP) is 3.73. The molecule has 0 atom stereocenters. The Kier molecular flexibility index (Phi) is 6.80. The van der Waals surface area contributed by atoms with Crippen LogP contribution >= 0.6 is 0 Å². The van der Waals surface area contributed by atoms with Crippen LogP contribution in [0.2, 0.25) is 0 Å². The van der Waals surface area contributed by atoms with E-state index in [0.29, 0.717) is 17.1 Å². The number of halogens is 4. The molecular weight excluding hydrogens is 422 g/mol. The fraction of sp³-hybridized carbons (Fsp3) is 0.158. The van der Waals surface area contributed by atoms with Crippen molar-refractivity contribution < 1.29 is 31.8 Å². The molecule has 0 saturated heterocycles. The molecule has 162 valence electrons. The molecule has 0 spiro atoms. The van der Waals surface area contributed by atoms with E-state index in [0.717, 1.165) is 18.2 Å². The first kappa shape index (κ1) is 21.7. The Morgan fingerprint density at radius 2 is 1.87 bits per heavy atom. The number of tetrazole rings is 1. The quantitative estimate of drug-likeness (QED) is 0.427. The number of amides is 1. The highest BCUT2D eigenvalue weighted by atomic mass is 19.3. The first-order valence-corrected chi connectivity index (χ1v) is 8.67. The number of aryl methyl sites for hydroxylation is 1. The Balaban J connectivity index is 1.74. The summed E-state index contributed by atoms with van der Waals surface area (Å²) < 4.78 is 59.9. The summed E-state index contributed by atoms with van der Waals surface area (Å²) in [6.07, 6.45) is 2.29. The average Bonchev–Trinajstić information content (AvgIpc) is 3.12. The van der Waals surface area contributed by atoms with Crippen LogP contribution < -0.4 is 14.8 Å². The number of ether oxygens (including phenoxy) is 2. The van der Waals surface area contributed by atoms with Crippen molar-refractivity contribution in [2.24, 2.45) is 7.05 Å². The lowest BCUT2D eigenvalue weighted by molar-refractivity contribution is -0.111. The first-order valence-electron chi connectivity index (χ1n) is 8.67. The molecule has 12 heteroatoms. The second kappa shape index (κ2) is 9.69. The molecule has 0 unspecified atom stereocenters. The smallest absolute Gasteiger partial charge is 0.387 e. The second-order valence-electron chi connectivity index (χ2n) is 5.99. The molecule has 1 amide bonds. The highest BCUT2D eigenvalue weighted by molar-refractivity contribution is 6.02. The van der Waals surface area contributed by atoms with Gasteiger partial charge >= 0.3 is 13.2 Å². The number of carbonyl (C=O) groups excluding carboxylic acids is 1. The summed E-state index contributed by atoms with van der Waals surface area (Å²) in [6, 6.07) is 9.98. The van der Waals surface area contributed by atoms with Gasteiger partial charge in [-0.15, -0.1) is 5.10 Å². The third-order valence-electron chi connectivity index (χ3n) is 3.85. The van der Waals surface area contributed by atoms with Crippen molar-refractivity contribution in [1.82, 2.24) is 20.2 Å². The summed E-state index contributed by atoms with van der Waals surface area (Å²) in [6.45, 7) is -6.32. The van der Waals surface area contributed by atoms with Gasteiger partial charge in [-0.1, -0.05) is 12.1 Å². The van der Waals surface area contributed by atoms with Crippen molar-refractivity contribution in [1.29, 1.82) is 0 Å². The minimum atomic E-state index is -3.19. The molecule has 0 fully saturated rings. The van der Waals surface area contributed by atoms with E-state index in [1.807, 2.05) is 0 Å². The van der Waals surface area contributed by atoms with Gasteiger partial charge in [-0.25, -0.2) is 4.68 Å². The summed E-state index contributed by atoms with van der Waals surface area (Å²) in [7, 11) is 1.67. The molecule has 0 aliphatic carbocycles. The monoisotopic (exact) mass is 437 g/mol. The van der Waals surface area contributed by atoms with Crippen LogP contribution in [0.15, 0.2) is 48.5 Å². The third-order valence-corrected chi connectivity index (χ3v) is 3.85. The van der Waals surface area contributed by atoms with Crippen LogP contribution in [-0.4, -0.2) is 39.3 Å². The largest absolute Gasteiger partial charge is 0.435 e. The second-order valence-corrected chi connectivity index (χ2v) is 5.99. The van der Waals surface area contributed by atoms with Gasteiger partial charge < -0.3 is 14.8 Å². The first-order chi connectivity index (χ1) is 14.8. The SMILES string of the molecule is Cn1nnnc1-c1cccc(NC(=O)/C=C/c2ccc(OC(F)F)cc2OC(F)F)c1. The van der Waals surface area contributed by atoms with Crippen molar-refractivity contribution in [2.75, 3.05) is 5.32 Å². The fourth-order valence-electron chi connectivity index (χ4n) is 2.59. The van der Waals surface area contributed by atoms with E-state index in [1.165, 1.54) is 16.8 Å². The van der Waals surface area contributed by atoms with E-state index in [4.69, 9.17) is 0 Å². The molecule has 3 rings (SSSR count). The van der Waals surface area contributed by atoms with Gasteiger partial charge in [-0.05, 0) is 40.8 Å². The minimum absolute atomic E-state index is 0.0657. The van der Waals surface area contributed by atoms with Crippen molar-refractivity contribution in [2.45, 2.75) is 13.2 Å². The molecular formula is C19H15F4N5O3. The van der Waals surface area contributed by atoms with Crippen LogP contribution in [0.4, 0.5) is 23.2 Å². The van der Waals surface area contributed by atoms with Crippen molar-refractivity contribution in [3.8, 4) is 22.9 Å². The summed E-state index contributed by atoms with van der Waals surface area (Å²) in [5, 5.41) is 13.8. The summed E-state index contributed by atoms with van der Waals surface area (Å²) in [4.78, 5) is 12.2. The zero-order chi connectivity index (χ0) is 22.4. The molecule has 8 nitrogen and oxygen atoms in total. The molecule has 3 aromatic rings. The Labute approximate surface area is 173 Å². The highest BCUT2D eigenvalue weighted by Gasteiger charge is 2.13. The van der Waals surface area contributed by atoms with Crippen molar-refractivity contribution in [3.63, 3.8) is 0 Å². The lowest BCUT2D eigenvalue weighted by atomic mass is 10.1. The standard InChI is InChI=1S/C19H15F4N5O3/c1-28-17(25-26-27-28)12-3-2-4-13(9-12)24-16(29)8-6-11-5-7-14(30-18(20)21)10-15(11)31-19(22)23/h2-10,18-19H,1H3,(H,24,29)/b8-6+. The fourth-order valence-corrected chi connectivity index (χ4v) is 2.59. The number of nitrogens with one attached hydrogen (secondary N) is 1. The van der Waals surface area contributed by atoms with E-state index in [2.05, 4.69) is 30.3 Å². The van der Waals surface area contributed by atoms with Gasteiger partial charge in [0.1, 0.15) is 11.5 Å². The normalized spacial score (nSPS) is 11.3. The van der Waals surface area contributed by atoms with E-state index in [9.17, 15) is 22.4 Å². The number of aromatic nitrogens is 4. The van der Waals surface area contributed by atoms with Gasteiger partial charge in [0.2, 0.25) is 5.91 Å². The number of alkyl halides is 4.